The first-order valence-electron chi connectivity index (χ1n) is 9.31. The summed E-state index contributed by atoms with van der Waals surface area (Å²) in [7, 11) is 3.21. The molecule has 0 radical (unpaired) electrons. The minimum atomic E-state index is -0.0456. The molecule has 1 heterocycles. The maximum absolute atomic E-state index is 13.3. The second kappa shape index (κ2) is 6.67. The van der Waals surface area contributed by atoms with Gasteiger partial charge in [0, 0.05) is 5.39 Å². The molecule has 0 saturated heterocycles. The van der Waals surface area contributed by atoms with Crippen molar-refractivity contribution in [2.75, 3.05) is 14.2 Å². The molecule has 0 fully saturated rings. The van der Waals surface area contributed by atoms with Crippen LogP contribution in [0.1, 0.15) is 0 Å². The molecular formula is C25H18O4. The number of methoxy groups -OCH3 is 2. The van der Waals surface area contributed by atoms with Crippen molar-refractivity contribution in [3.63, 3.8) is 0 Å². The second-order valence-electron chi connectivity index (χ2n) is 6.85. The number of ether oxygens (including phenoxy) is 2. The molecule has 0 aliphatic rings. The SMILES string of the molecule is COc1cc2c(-c3ccccc3)cc3c(=O)c4ccccc4oc3c2cc1OC. The molecule has 1 aromatic heterocycles. The maximum Gasteiger partial charge on any atom is 0.200 e. The molecular weight excluding hydrogens is 364 g/mol. The van der Waals surface area contributed by atoms with Crippen LogP contribution in [-0.2, 0) is 0 Å². The van der Waals surface area contributed by atoms with Crippen molar-refractivity contribution in [2.24, 2.45) is 0 Å². The van der Waals surface area contributed by atoms with E-state index >= 15 is 0 Å². The van der Waals surface area contributed by atoms with E-state index in [1.807, 2.05) is 66.7 Å². The highest BCUT2D eigenvalue weighted by Crippen LogP contribution is 2.41. The van der Waals surface area contributed by atoms with Crippen LogP contribution in [0.2, 0.25) is 0 Å². The summed E-state index contributed by atoms with van der Waals surface area (Å²) in [5.41, 5.74) is 3.02. The number of hydrogen-bond donors (Lipinski definition) is 0. The van der Waals surface area contributed by atoms with E-state index in [1.165, 1.54) is 0 Å². The topological polar surface area (TPSA) is 48.7 Å². The van der Waals surface area contributed by atoms with Crippen LogP contribution in [0.15, 0.2) is 82.0 Å². The Bertz CT molecular complexity index is 1430. The van der Waals surface area contributed by atoms with Gasteiger partial charge in [-0.25, -0.2) is 0 Å². The molecule has 29 heavy (non-hydrogen) atoms. The van der Waals surface area contributed by atoms with Crippen molar-refractivity contribution in [1.29, 1.82) is 0 Å². The quantitative estimate of drug-likeness (QED) is 0.293. The number of fused-ring (bicyclic) bond motifs is 4. The first-order valence-corrected chi connectivity index (χ1v) is 9.31. The number of rotatable bonds is 3. The molecule has 0 saturated carbocycles. The van der Waals surface area contributed by atoms with E-state index in [2.05, 4.69) is 0 Å². The van der Waals surface area contributed by atoms with Gasteiger partial charge in [0.1, 0.15) is 11.2 Å². The van der Waals surface area contributed by atoms with E-state index in [-0.39, 0.29) is 5.43 Å². The summed E-state index contributed by atoms with van der Waals surface area (Å²) < 4.78 is 17.2. The summed E-state index contributed by atoms with van der Waals surface area (Å²) in [6.45, 7) is 0. The third kappa shape index (κ3) is 2.64. The summed E-state index contributed by atoms with van der Waals surface area (Å²) in [6.07, 6.45) is 0. The van der Waals surface area contributed by atoms with Gasteiger partial charge in [-0.2, -0.15) is 0 Å². The highest BCUT2D eigenvalue weighted by atomic mass is 16.5. The molecule has 0 atom stereocenters. The van der Waals surface area contributed by atoms with E-state index < -0.39 is 0 Å². The molecule has 0 aliphatic heterocycles. The first kappa shape index (κ1) is 17.3. The van der Waals surface area contributed by atoms with Crippen molar-refractivity contribution in [3.05, 3.63) is 83.0 Å². The molecule has 5 rings (SSSR count). The van der Waals surface area contributed by atoms with Crippen molar-refractivity contribution < 1.29 is 13.9 Å². The molecule has 4 aromatic carbocycles. The van der Waals surface area contributed by atoms with Crippen LogP contribution >= 0.6 is 0 Å². The molecule has 4 nitrogen and oxygen atoms in total. The van der Waals surface area contributed by atoms with Gasteiger partial charge in [0.05, 0.1) is 25.0 Å². The Kier molecular flexibility index (Phi) is 3.98. The van der Waals surface area contributed by atoms with Crippen molar-refractivity contribution in [3.8, 4) is 22.6 Å². The van der Waals surface area contributed by atoms with Gasteiger partial charge in [-0.3, -0.25) is 4.79 Å². The summed E-state index contributed by atoms with van der Waals surface area (Å²) in [6, 6.07) is 23.0. The monoisotopic (exact) mass is 382 g/mol. The fraction of sp³-hybridized carbons (Fsp3) is 0.0800. The number of hydrogen-bond acceptors (Lipinski definition) is 4. The third-order valence-corrected chi connectivity index (χ3v) is 5.26. The summed E-state index contributed by atoms with van der Waals surface area (Å²) >= 11 is 0. The maximum atomic E-state index is 13.3. The standard InChI is InChI=1S/C25H18O4/c1-27-22-13-18-17(15-8-4-3-5-9-15)12-20-24(26)16-10-6-7-11-21(16)29-25(20)19(18)14-23(22)28-2/h3-14H,1-2H3. The molecule has 0 amide bonds. The van der Waals surface area contributed by atoms with E-state index in [0.29, 0.717) is 33.4 Å². The van der Waals surface area contributed by atoms with Crippen LogP contribution in [0, 0.1) is 0 Å². The van der Waals surface area contributed by atoms with Gasteiger partial charge in [-0.05, 0) is 46.8 Å². The lowest BCUT2D eigenvalue weighted by Gasteiger charge is -2.14. The van der Waals surface area contributed by atoms with Crippen LogP contribution in [-0.4, -0.2) is 14.2 Å². The normalized spacial score (nSPS) is 11.2. The van der Waals surface area contributed by atoms with Gasteiger partial charge >= 0.3 is 0 Å². The molecule has 4 heteroatoms. The molecule has 0 unspecified atom stereocenters. The van der Waals surface area contributed by atoms with Gasteiger partial charge in [-0.15, -0.1) is 0 Å². The fourth-order valence-electron chi connectivity index (χ4n) is 3.86. The van der Waals surface area contributed by atoms with E-state index in [4.69, 9.17) is 13.9 Å². The molecule has 0 bridgehead atoms. The third-order valence-electron chi connectivity index (χ3n) is 5.26. The molecule has 0 aliphatic carbocycles. The van der Waals surface area contributed by atoms with Gasteiger partial charge in [0.2, 0.25) is 5.43 Å². The Labute approximate surface area is 166 Å². The smallest absolute Gasteiger partial charge is 0.200 e. The van der Waals surface area contributed by atoms with E-state index in [9.17, 15) is 4.79 Å². The molecule has 0 N–H and O–H groups in total. The zero-order valence-corrected chi connectivity index (χ0v) is 16.1. The summed E-state index contributed by atoms with van der Waals surface area (Å²) in [4.78, 5) is 13.3. The Hall–Kier alpha value is -3.79. The largest absolute Gasteiger partial charge is 0.493 e. The average molecular weight is 382 g/mol. The summed E-state index contributed by atoms with van der Waals surface area (Å²) in [5, 5.41) is 2.85. The minimum absolute atomic E-state index is 0.0456. The van der Waals surface area contributed by atoms with Gasteiger partial charge in [-0.1, -0.05) is 42.5 Å². The lowest BCUT2D eigenvalue weighted by molar-refractivity contribution is 0.356. The predicted molar refractivity (Wildman–Crippen MR) is 116 cm³/mol. The summed E-state index contributed by atoms with van der Waals surface area (Å²) in [5.74, 6) is 1.21. The van der Waals surface area contributed by atoms with E-state index in [0.717, 1.165) is 21.9 Å². The van der Waals surface area contributed by atoms with Gasteiger partial charge in [0.15, 0.2) is 11.5 Å². The van der Waals surface area contributed by atoms with Crippen LogP contribution in [0.3, 0.4) is 0 Å². The number of para-hydroxylation sites is 1. The van der Waals surface area contributed by atoms with E-state index in [1.54, 1.807) is 20.3 Å². The van der Waals surface area contributed by atoms with Crippen molar-refractivity contribution >= 4 is 32.7 Å². The van der Waals surface area contributed by atoms with Crippen LogP contribution in [0.4, 0.5) is 0 Å². The average Bonchev–Trinajstić information content (AvgIpc) is 2.78. The number of benzene rings is 4. The molecule has 5 aromatic rings. The Morgan fingerprint density at radius 1 is 0.690 bits per heavy atom. The highest BCUT2D eigenvalue weighted by molar-refractivity contribution is 6.13. The van der Waals surface area contributed by atoms with Crippen LogP contribution < -0.4 is 14.9 Å². The minimum Gasteiger partial charge on any atom is -0.493 e. The Morgan fingerprint density at radius 3 is 2.07 bits per heavy atom. The fourth-order valence-corrected chi connectivity index (χ4v) is 3.86. The van der Waals surface area contributed by atoms with Crippen LogP contribution in [0.5, 0.6) is 11.5 Å². The lowest BCUT2D eigenvalue weighted by atomic mass is 9.94. The van der Waals surface area contributed by atoms with Crippen molar-refractivity contribution in [2.45, 2.75) is 0 Å². The first-order chi connectivity index (χ1) is 14.2. The van der Waals surface area contributed by atoms with Gasteiger partial charge < -0.3 is 13.9 Å². The molecule has 0 spiro atoms. The van der Waals surface area contributed by atoms with Crippen molar-refractivity contribution in [1.82, 2.24) is 0 Å². The highest BCUT2D eigenvalue weighted by Gasteiger charge is 2.17. The zero-order valence-electron chi connectivity index (χ0n) is 16.1. The Morgan fingerprint density at radius 2 is 1.34 bits per heavy atom. The predicted octanol–water partition coefficient (Wildman–Crippen LogP) is 5.78. The van der Waals surface area contributed by atoms with Crippen LogP contribution in [0.25, 0.3) is 43.8 Å². The van der Waals surface area contributed by atoms with Gasteiger partial charge in [0.25, 0.3) is 0 Å². The Balaban J connectivity index is 2.03. The second-order valence-corrected chi connectivity index (χ2v) is 6.85. The molecule has 142 valence electrons. The zero-order chi connectivity index (χ0) is 20.0. The lowest BCUT2D eigenvalue weighted by Crippen LogP contribution is -2.03.